The molecular weight excluding hydrogens is 365 g/mol. The molecule has 1 aromatic rings. The standard InChI is InChI=1S/C17H24BN5O5/c1-10-4-5-11-7-12(18(27)28-16(11)15(10)17(25)26)22-14(24)8-23-13(3-2-6-19)20-9-21-23/h4-5,9-10,12,15,27H,2-3,6-8,19H2,1H3,(H,22,24)(H,25,26)/t10?,12-,15?/m0/s1. The van der Waals surface area contributed by atoms with Gasteiger partial charge in [-0.15, -0.1) is 0 Å². The van der Waals surface area contributed by atoms with Gasteiger partial charge in [0.1, 0.15) is 24.6 Å². The van der Waals surface area contributed by atoms with E-state index in [-0.39, 0.29) is 30.5 Å². The van der Waals surface area contributed by atoms with E-state index in [1.165, 1.54) is 11.0 Å². The zero-order chi connectivity index (χ0) is 20.3. The number of carbonyl (C=O) groups is 2. The average Bonchev–Trinajstić information content (AvgIpc) is 3.07. The maximum Gasteiger partial charge on any atom is 0.546 e. The van der Waals surface area contributed by atoms with E-state index in [9.17, 15) is 19.7 Å². The van der Waals surface area contributed by atoms with E-state index < -0.39 is 24.9 Å². The molecule has 1 amide bonds. The fourth-order valence-electron chi connectivity index (χ4n) is 3.49. The van der Waals surface area contributed by atoms with Gasteiger partial charge in [-0.2, -0.15) is 5.10 Å². The van der Waals surface area contributed by atoms with Crippen LogP contribution in [0.4, 0.5) is 0 Å². The van der Waals surface area contributed by atoms with E-state index in [0.29, 0.717) is 24.4 Å². The Morgan fingerprint density at radius 2 is 2.29 bits per heavy atom. The fourth-order valence-corrected chi connectivity index (χ4v) is 3.49. The highest BCUT2D eigenvalue weighted by Crippen LogP contribution is 2.36. The first-order valence-electron chi connectivity index (χ1n) is 9.25. The third kappa shape index (κ3) is 4.25. The van der Waals surface area contributed by atoms with Gasteiger partial charge in [-0.05, 0) is 30.9 Å². The lowest BCUT2D eigenvalue weighted by molar-refractivity contribution is -0.142. The van der Waals surface area contributed by atoms with Crippen LogP contribution in [-0.4, -0.2) is 56.4 Å². The second kappa shape index (κ2) is 8.57. The maximum atomic E-state index is 12.4. The number of carboxylic acid groups (broad SMARTS) is 1. The first-order chi connectivity index (χ1) is 13.4. The van der Waals surface area contributed by atoms with Gasteiger partial charge in [-0.1, -0.05) is 19.1 Å². The fraction of sp³-hybridized carbons (Fsp3) is 0.529. The predicted octanol–water partition coefficient (Wildman–Crippen LogP) is -0.745. The quantitative estimate of drug-likeness (QED) is 0.445. The molecule has 2 heterocycles. The van der Waals surface area contributed by atoms with Crippen molar-refractivity contribution >= 4 is 19.0 Å². The maximum absolute atomic E-state index is 12.4. The van der Waals surface area contributed by atoms with Crippen LogP contribution in [-0.2, 0) is 27.2 Å². The third-order valence-electron chi connectivity index (χ3n) is 4.96. The Kier molecular flexibility index (Phi) is 6.15. The Labute approximate surface area is 162 Å². The van der Waals surface area contributed by atoms with Crippen LogP contribution in [0.15, 0.2) is 29.8 Å². The first-order valence-corrected chi connectivity index (χ1v) is 9.25. The molecule has 150 valence electrons. The van der Waals surface area contributed by atoms with Gasteiger partial charge in [0.25, 0.3) is 0 Å². The number of hydrogen-bond acceptors (Lipinski definition) is 7. The lowest BCUT2D eigenvalue weighted by atomic mass is 9.69. The lowest BCUT2D eigenvalue weighted by Crippen LogP contribution is -2.52. The molecular formula is C17H24BN5O5. The van der Waals surface area contributed by atoms with Gasteiger partial charge in [-0.3, -0.25) is 9.59 Å². The molecule has 0 saturated heterocycles. The summed E-state index contributed by atoms with van der Waals surface area (Å²) in [6, 6.07) is 0. The molecule has 0 fully saturated rings. The van der Waals surface area contributed by atoms with E-state index in [2.05, 4.69) is 15.4 Å². The minimum absolute atomic E-state index is 0.0420. The number of nitrogens with two attached hydrogens (primary N) is 1. The van der Waals surface area contributed by atoms with Crippen molar-refractivity contribution in [3.63, 3.8) is 0 Å². The van der Waals surface area contributed by atoms with Crippen molar-refractivity contribution < 1.29 is 24.4 Å². The Morgan fingerprint density at radius 1 is 1.50 bits per heavy atom. The molecule has 28 heavy (non-hydrogen) atoms. The molecule has 2 unspecified atom stereocenters. The van der Waals surface area contributed by atoms with E-state index >= 15 is 0 Å². The summed E-state index contributed by atoms with van der Waals surface area (Å²) in [5.41, 5.74) is 6.17. The second-order valence-electron chi connectivity index (χ2n) is 7.04. The molecule has 3 atom stereocenters. The lowest BCUT2D eigenvalue weighted by Gasteiger charge is -2.35. The monoisotopic (exact) mass is 389 g/mol. The van der Waals surface area contributed by atoms with Crippen LogP contribution < -0.4 is 11.1 Å². The number of nitrogens with zero attached hydrogens (tertiary/aromatic N) is 3. The van der Waals surface area contributed by atoms with Crippen LogP contribution in [0.1, 0.15) is 25.6 Å². The highest BCUT2D eigenvalue weighted by molar-refractivity contribution is 6.46. The summed E-state index contributed by atoms with van der Waals surface area (Å²) in [4.78, 5) is 28.1. The zero-order valence-corrected chi connectivity index (χ0v) is 15.6. The topological polar surface area (TPSA) is 153 Å². The minimum Gasteiger partial charge on any atom is -0.537 e. The average molecular weight is 389 g/mol. The van der Waals surface area contributed by atoms with Gasteiger partial charge >= 0.3 is 13.1 Å². The number of rotatable bonds is 7. The van der Waals surface area contributed by atoms with E-state index in [1.54, 1.807) is 19.1 Å². The number of carbonyl (C=O) groups excluding carboxylic acids is 1. The summed E-state index contributed by atoms with van der Waals surface area (Å²) in [6.45, 7) is 2.26. The van der Waals surface area contributed by atoms with E-state index in [1.807, 2.05) is 0 Å². The molecule has 2 aliphatic rings. The van der Waals surface area contributed by atoms with Gasteiger partial charge in [0.15, 0.2) is 0 Å². The number of hydrogen-bond donors (Lipinski definition) is 4. The largest absolute Gasteiger partial charge is 0.546 e. The minimum atomic E-state index is -1.32. The van der Waals surface area contributed by atoms with Gasteiger partial charge < -0.3 is 25.8 Å². The van der Waals surface area contributed by atoms with Gasteiger partial charge in [0.05, 0.1) is 11.7 Å². The molecule has 3 rings (SSSR count). The molecule has 0 spiro atoms. The van der Waals surface area contributed by atoms with Crippen molar-refractivity contribution in [2.45, 2.75) is 38.7 Å². The van der Waals surface area contributed by atoms with Crippen molar-refractivity contribution in [3.05, 3.63) is 35.6 Å². The number of allylic oxidation sites excluding steroid dienone is 2. The third-order valence-corrected chi connectivity index (χ3v) is 4.96. The molecule has 0 saturated carbocycles. The van der Waals surface area contributed by atoms with Gasteiger partial charge in [0, 0.05) is 6.42 Å². The Morgan fingerprint density at radius 3 is 3.00 bits per heavy atom. The van der Waals surface area contributed by atoms with Crippen molar-refractivity contribution in [2.75, 3.05) is 6.54 Å². The van der Waals surface area contributed by atoms with E-state index in [0.717, 1.165) is 6.42 Å². The molecule has 0 bridgehead atoms. The number of carboxylic acids is 1. The van der Waals surface area contributed by atoms with Crippen molar-refractivity contribution in [1.82, 2.24) is 20.1 Å². The molecule has 1 aliphatic carbocycles. The summed E-state index contributed by atoms with van der Waals surface area (Å²) in [5.74, 6) is -2.19. The summed E-state index contributed by atoms with van der Waals surface area (Å²) in [5, 5.41) is 26.5. The van der Waals surface area contributed by atoms with Crippen LogP contribution in [0.2, 0.25) is 0 Å². The molecule has 10 nitrogen and oxygen atoms in total. The molecule has 1 aliphatic heterocycles. The summed E-state index contributed by atoms with van der Waals surface area (Å²) < 4.78 is 6.99. The number of nitrogens with one attached hydrogen (secondary N) is 1. The second-order valence-corrected chi connectivity index (χ2v) is 7.04. The normalized spacial score (nSPS) is 24.0. The highest BCUT2D eigenvalue weighted by atomic mass is 16.5. The molecule has 0 aromatic carbocycles. The number of amides is 1. The molecule has 0 radical (unpaired) electrons. The van der Waals surface area contributed by atoms with Crippen molar-refractivity contribution in [3.8, 4) is 0 Å². The van der Waals surface area contributed by atoms with Gasteiger partial charge in [0.2, 0.25) is 5.91 Å². The number of aromatic nitrogens is 3. The Hall–Kier alpha value is -2.66. The first kappa shape index (κ1) is 20.1. The molecule has 11 heteroatoms. The van der Waals surface area contributed by atoms with Gasteiger partial charge in [-0.25, -0.2) is 9.67 Å². The summed E-state index contributed by atoms with van der Waals surface area (Å²) in [7, 11) is -1.32. The number of aryl methyl sites for hydroxylation is 1. The van der Waals surface area contributed by atoms with Crippen LogP contribution in [0, 0.1) is 11.8 Å². The Balaban J connectivity index is 1.65. The smallest absolute Gasteiger partial charge is 0.537 e. The van der Waals surface area contributed by atoms with Crippen LogP contribution in [0.25, 0.3) is 0 Å². The van der Waals surface area contributed by atoms with Crippen LogP contribution in [0.5, 0.6) is 0 Å². The predicted molar refractivity (Wildman–Crippen MR) is 99.5 cm³/mol. The molecule has 5 N–H and O–H groups in total. The summed E-state index contributed by atoms with van der Waals surface area (Å²) in [6.07, 6.45) is 6.63. The van der Waals surface area contributed by atoms with Crippen molar-refractivity contribution in [2.24, 2.45) is 17.6 Å². The van der Waals surface area contributed by atoms with E-state index in [4.69, 9.17) is 10.4 Å². The Bertz CT molecular complexity index is 808. The highest BCUT2D eigenvalue weighted by Gasteiger charge is 2.43. The SMILES string of the molecule is CC1C=CC2=C(OB(O)[C@@H](NC(=O)Cn3ncnc3CCCN)C2)C1C(=O)O. The number of aliphatic carboxylic acids is 1. The van der Waals surface area contributed by atoms with Crippen LogP contribution >= 0.6 is 0 Å². The molecule has 1 aromatic heterocycles. The zero-order valence-electron chi connectivity index (χ0n) is 15.6. The van der Waals surface area contributed by atoms with Crippen molar-refractivity contribution in [1.29, 1.82) is 0 Å². The van der Waals surface area contributed by atoms with Crippen LogP contribution in [0.3, 0.4) is 0 Å². The summed E-state index contributed by atoms with van der Waals surface area (Å²) >= 11 is 0.